The molecule has 0 aliphatic carbocycles. The molecule has 1 heterocycles. The second-order valence-corrected chi connectivity index (χ2v) is 5.27. The summed E-state index contributed by atoms with van der Waals surface area (Å²) in [4.78, 5) is 19.0. The van der Waals surface area contributed by atoms with Crippen molar-refractivity contribution in [2.45, 2.75) is 0 Å². The number of hydrogen-bond donors (Lipinski definition) is 2. The summed E-state index contributed by atoms with van der Waals surface area (Å²) >= 11 is 0. The van der Waals surface area contributed by atoms with Crippen LogP contribution in [-0.4, -0.2) is 23.0 Å². The minimum atomic E-state index is -0.424. The van der Waals surface area contributed by atoms with Crippen molar-refractivity contribution in [3.05, 3.63) is 65.5 Å². The van der Waals surface area contributed by atoms with Gasteiger partial charge < -0.3 is 9.72 Å². The van der Waals surface area contributed by atoms with Crippen molar-refractivity contribution >= 4 is 11.9 Å². The molecule has 1 amide bonds. The zero-order valence-electron chi connectivity index (χ0n) is 13.8. The van der Waals surface area contributed by atoms with Crippen LogP contribution in [0.25, 0.3) is 11.1 Å². The number of amides is 1. The van der Waals surface area contributed by atoms with Crippen LogP contribution in [0.15, 0.2) is 48.5 Å². The number of nitrogens with zero attached hydrogens (tertiary/aromatic N) is 3. The lowest BCUT2D eigenvalue weighted by molar-refractivity contribution is 0.102. The van der Waals surface area contributed by atoms with E-state index in [1.165, 1.54) is 0 Å². The van der Waals surface area contributed by atoms with E-state index in [9.17, 15) is 4.79 Å². The molecule has 0 radical (unpaired) electrons. The summed E-state index contributed by atoms with van der Waals surface area (Å²) in [5.74, 6) is 0.261. The van der Waals surface area contributed by atoms with Crippen molar-refractivity contribution < 1.29 is 9.53 Å². The first kappa shape index (κ1) is 16.7. The molecule has 26 heavy (non-hydrogen) atoms. The SMILES string of the molecule is COc1ccc(C(=O)Nc2nc(C#N)c(C#N)[nH]2)cc1-c1ccccc1. The van der Waals surface area contributed by atoms with Gasteiger partial charge in [0.1, 0.15) is 17.9 Å². The maximum Gasteiger partial charge on any atom is 0.257 e. The van der Waals surface area contributed by atoms with E-state index in [2.05, 4.69) is 15.3 Å². The Balaban J connectivity index is 1.92. The Kier molecular flexibility index (Phi) is 4.64. The number of imidazole rings is 1. The number of aromatic nitrogens is 2. The average Bonchev–Trinajstić information content (AvgIpc) is 3.10. The highest BCUT2D eigenvalue weighted by molar-refractivity contribution is 6.04. The molecular formula is C19H13N5O2. The summed E-state index contributed by atoms with van der Waals surface area (Å²) in [5, 5.41) is 20.4. The van der Waals surface area contributed by atoms with Crippen molar-refractivity contribution in [3.8, 4) is 29.0 Å². The lowest BCUT2D eigenvalue weighted by Crippen LogP contribution is -2.13. The van der Waals surface area contributed by atoms with Crippen LogP contribution < -0.4 is 10.1 Å². The Bertz CT molecular complexity index is 1010. The van der Waals surface area contributed by atoms with Gasteiger partial charge in [0, 0.05) is 11.1 Å². The molecule has 0 aliphatic heterocycles. The quantitative estimate of drug-likeness (QED) is 0.755. The van der Waals surface area contributed by atoms with Gasteiger partial charge in [-0.1, -0.05) is 30.3 Å². The van der Waals surface area contributed by atoms with Gasteiger partial charge >= 0.3 is 0 Å². The third-order valence-electron chi connectivity index (χ3n) is 3.70. The smallest absolute Gasteiger partial charge is 0.257 e. The van der Waals surface area contributed by atoms with Crippen molar-refractivity contribution in [2.75, 3.05) is 12.4 Å². The number of carbonyl (C=O) groups excluding carboxylic acids is 1. The minimum absolute atomic E-state index is 0.00232. The van der Waals surface area contributed by atoms with Crippen LogP contribution in [0.5, 0.6) is 5.75 Å². The highest BCUT2D eigenvalue weighted by Gasteiger charge is 2.15. The van der Waals surface area contributed by atoms with E-state index in [1.807, 2.05) is 36.4 Å². The number of H-pyrrole nitrogens is 1. The first-order valence-electron chi connectivity index (χ1n) is 7.61. The largest absolute Gasteiger partial charge is 0.496 e. The number of benzene rings is 2. The van der Waals surface area contributed by atoms with Crippen LogP contribution in [0.2, 0.25) is 0 Å². The van der Waals surface area contributed by atoms with E-state index in [0.29, 0.717) is 11.3 Å². The number of methoxy groups -OCH3 is 1. The Morgan fingerprint density at radius 1 is 1.15 bits per heavy atom. The fourth-order valence-electron chi connectivity index (χ4n) is 2.47. The van der Waals surface area contributed by atoms with Crippen molar-refractivity contribution in [2.24, 2.45) is 0 Å². The van der Waals surface area contributed by atoms with Gasteiger partial charge in [-0.15, -0.1) is 0 Å². The molecule has 0 unspecified atom stereocenters. The molecule has 7 heteroatoms. The van der Waals surface area contributed by atoms with Gasteiger partial charge in [-0.05, 0) is 23.8 Å². The summed E-state index contributed by atoms with van der Waals surface area (Å²) in [6, 6.07) is 18.2. The first-order valence-corrected chi connectivity index (χ1v) is 7.61. The van der Waals surface area contributed by atoms with Crippen LogP contribution in [-0.2, 0) is 0 Å². The number of nitriles is 2. The maximum atomic E-state index is 12.5. The summed E-state index contributed by atoms with van der Waals surface area (Å²) < 4.78 is 5.38. The molecule has 1 aromatic heterocycles. The second kappa shape index (κ2) is 7.20. The van der Waals surface area contributed by atoms with Crippen LogP contribution in [0, 0.1) is 22.7 Å². The number of aromatic amines is 1. The van der Waals surface area contributed by atoms with Gasteiger partial charge in [0.2, 0.25) is 5.95 Å². The van der Waals surface area contributed by atoms with Crippen LogP contribution in [0.1, 0.15) is 21.7 Å². The molecule has 2 N–H and O–H groups in total. The Hall–Kier alpha value is -4.10. The topological polar surface area (TPSA) is 115 Å². The Morgan fingerprint density at radius 2 is 1.92 bits per heavy atom. The number of rotatable bonds is 4. The molecule has 2 aromatic carbocycles. The first-order chi connectivity index (χ1) is 12.7. The minimum Gasteiger partial charge on any atom is -0.496 e. The zero-order chi connectivity index (χ0) is 18.5. The van der Waals surface area contributed by atoms with Crippen molar-refractivity contribution in [1.29, 1.82) is 10.5 Å². The van der Waals surface area contributed by atoms with Gasteiger partial charge in [-0.2, -0.15) is 10.5 Å². The van der Waals surface area contributed by atoms with E-state index in [-0.39, 0.29) is 17.3 Å². The number of nitrogens with one attached hydrogen (secondary N) is 2. The van der Waals surface area contributed by atoms with E-state index < -0.39 is 5.91 Å². The molecule has 3 rings (SSSR count). The maximum absolute atomic E-state index is 12.5. The lowest BCUT2D eigenvalue weighted by atomic mass is 10.0. The van der Waals surface area contributed by atoms with Gasteiger partial charge in [-0.25, -0.2) is 4.98 Å². The number of ether oxygens (including phenoxy) is 1. The number of anilines is 1. The predicted molar refractivity (Wildman–Crippen MR) is 94.4 cm³/mol. The Labute approximate surface area is 149 Å². The van der Waals surface area contributed by atoms with E-state index in [1.54, 1.807) is 31.4 Å². The molecule has 0 bridgehead atoms. The number of carbonyl (C=O) groups is 1. The monoisotopic (exact) mass is 343 g/mol. The summed E-state index contributed by atoms with van der Waals surface area (Å²) in [6.45, 7) is 0. The molecule has 0 saturated carbocycles. The molecule has 0 aliphatic rings. The van der Waals surface area contributed by atoms with Gasteiger partial charge in [-0.3, -0.25) is 10.1 Å². The predicted octanol–water partition coefficient (Wildman–Crippen LogP) is 3.08. The molecule has 7 nitrogen and oxygen atoms in total. The van der Waals surface area contributed by atoms with E-state index >= 15 is 0 Å². The second-order valence-electron chi connectivity index (χ2n) is 5.27. The molecule has 126 valence electrons. The highest BCUT2D eigenvalue weighted by Crippen LogP contribution is 2.31. The molecule has 0 atom stereocenters. The average molecular weight is 343 g/mol. The molecule has 3 aromatic rings. The standard InChI is InChI=1S/C19H13N5O2/c1-26-17-8-7-13(9-14(17)12-5-3-2-4-6-12)18(25)24-19-22-15(10-20)16(11-21)23-19/h2-9H,1H3,(H2,22,23,24,25). The fraction of sp³-hybridized carbons (Fsp3) is 0.0526. The normalized spacial score (nSPS) is 9.81. The van der Waals surface area contributed by atoms with Crippen LogP contribution in [0.3, 0.4) is 0 Å². The third-order valence-corrected chi connectivity index (χ3v) is 3.70. The molecule has 0 fully saturated rings. The summed E-state index contributed by atoms with van der Waals surface area (Å²) in [7, 11) is 1.57. The zero-order valence-corrected chi connectivity index (χ0v) is 13.8. The summed E-state index contributed by atoms with van der Waals surface area (Å²) in [5.41, 5.74) is 2.01. The van der Waals surface area contributed by atoms with Gasteiger partial charge in [0.05, 0.1) is 7.11 Å². The fourth-order valence-corrected chi connectivity index (χ4v) is 2.47. The van der Waals surface area contributed by atoms with Gasteiger partial charge in [0.25, 0.3) is 5.91 Å². The molecule has 0 spiro atoms. The highest BCUT2D eigenvalue weighted by atomic mass is 16.5. The van der Waals surface area contributed by atoms with Crippen molar-refractivity contribution in [3.63, 3.8) is 0 Å². The van der Waals surface area contributed by atoms with Gasteiger partial charge in [0.15, 0.2) is 11.4 Å². The third kappa shape index (κ3) is 3.23. The van der Waals surface area contributed by atoms with Crippen molar-refractivity contribution in [1.82, 2.24) is 9.97 Å². The van der Waals surface area contributed by atoms with E-state index in [4.69, 9.17) is 15.3 Å². The summed E-state index contributed by atoms with van der Waals surface area (Å²) in [6.07, 6.45) is 0. The lowest BCUT2D eigenvalue weighted by Gasteiger charge is -2.11. The number of hydrogen-bond acceptors (Lipinski definition) is 5. The van der Waals surface area contributed by atoms with E-state index in [0.717, 1.165) is 11.1 Å². The molecule has 0 saturated heterocycles. The van der Waals surface area contributed by atoms with Crippen LogP contribution >= 0.6 is 0 Å². The Morgan fingerprint density at radius 3 is 2.54 bits per heavy atom. The van der Waals surface area contributed by atoms with Crippen LogP contribution in [0.4, 0.5) is 5.95 Å². The molecular weight excluding hydrogens is 330 g/mol.